The fraction of sp³-hybridized carbons (Fsp3) is 0.0870. The van der Waals surface area contributed by atoms with E-state index >= 15 is 0 Å². The van der Waals surface area contributed by atoms with Crippen LogP contribution >= 0.6 is 23.1 Å². The largest absolute Gasteiger partial charge is 0.312 e. The number of hydrogen-bond acceptors (Lipinski definition) is 5. The molecule has 0 saturated heterocycles. The third-order valence-electron chi connectivity index (χ3n) is 4.70. The van der Waals surface area contributed by atoms with E-state index in [2.05, 4.69) is 79.4 Å². The highest BCUT2D eigenvalue weighted by molar-refractivity contribution is 7.98. The lowest BCUT2D eigenvalue weighted by atomic mass is 10.2. The SMILES string of the molecule is c1ccc(Cn2cnnc2CSc2nc(-c3cccs3)cn2-c2ccccc2)cc1. The number of hydrogen-bond donors (Lipinski definition) is 0. The van der Waals surface area contributed by atoms with E-state index in [9.17, 15) is 0 Å². The molecule has 0 saturated carbocycles. The van der Waals surface area contributed by atoms with Crippen molar-refractivity contribution >= 4 is 23.1 Å². The first kappa shape index (κ1) is 18.8. The predicted molar refractivity (Wildman–Crippen MR) is 122 cm³/mol. The molecule has 0 bridgehead atoms. The number of aromatic nitrogens is 5. The molecule has 2 aromatic carbocycles. The smallest absolute Gasteiger partial charge is 0.173 e. The number of thioether (sulfide) groups is 1. The summed E-state index contributed by atoms with van der Waals surface area (Å²) in [6.45, 7) is 0.761. The van der Waals surface area contributed by atoms with Gasteiger partial charge < -0.3 is 4.57 Å². The van der Waals surface area contributed by atoms with Crippen LogP contribution in [0.2, 0.25) is 0 Å². The molecule has 0 spiro atoms. The van der Waals surface area contributed by atoms with E-state index in [4.69, 9.17) is 4.98 Å². The summed E-state index contributed by atoms with van der Waals surface area (Å²) in [4.78, 5) is 6.09. The van der Waals surface area contributed by atoms with Gasteiger partial charge >= 0.3 is 0 Å². The van der Waals surface area contributed by atoms with Crippen molar-refractivity contribution < 1.29 is 0 Å². The Morgan fingerprint density at radius 3 is 2.47 bits per heavy atom. The maximum Gasteiger partial charge on any atom is 0.173 e. The highest BCUT2D eigenvalue weighted by atomic mass is 32.2. The molecule has 7 heteroatoms. The van der Waals surface area contributed by atoms with Crippen LogP contribution in [0.4, 0.5) is 0 Å². The van der Waals surface area contributed by atoms with Gasteiger partial charge in [0.2, 0.25) is 0 Å². The minimum atomic E-state index is 0.695. The number of imidazole rings is 1. The van der Waals surface area contributed by atoms with Crippen LogP contribution in [0.25, 0.3) is 16.3 Å². The molecule has 3 heterocycles. The van der Waals surface area contributed by atoms with Crippen molar-refractivity contribution in [3.05, 3.63) is 102 Å². The number of rotatable bonds is 7. The number of thiophene rings is 1. The molecule has 0 aliphatic rings. The van der Waals surface area contributed by atoms with Gasteiger partial charge in [0.1, 0.15) is 12.2 Å². The third-order valence-corrected chi connectivity index (χ3v) is 6.54. The molecule has 0 fully saturated rings. The molecule has 30 heavy (non-hydrogen) atoms. The van der Waals surface area contributed by atoms with Crippen LogP contribution in [-0.2, 0) is 12.3 Å². The molecule has 3 aromatic heterocycles. The zero-order chi connectivity index (χ0) is 20.2. The van der Waals surface area contributed by atoms with E-state index in [0.29, 0.717) is 5.75 Å². The van der Waals surface area contributed by atoms with Gasteiger partial charge in [0, 0.05) is 11.9 Å². The van der Waals surface area contributed by atoms with Crippen molar-refractivity contribution in [1.82, 2.24) is 24.3 Å². The second-order valence-corrected chi connectivity index (χ2v) is 8.63. The van der Waals surface area contributed by atoms with Gasteiger partial charge in [0.15, 0.2) is 5.16 Å². The van der Waals surface area contributed by atoms with Crippen molar-refractivity contribution in [1.29, 1.82) is 0 Å². The molecule has 5 nitrogen and oxygen atoms in total. The highest BCUT2D eigenvalue weighted by Gasteiger charge is 2.14. The summed E-state index contributed by atoms with van der Waals surface area (Å²) < 4.78 is 4.25. The summed E-state index contributed by atoms with van der Waals surface area (Å²) in [5, 5.41) is 11.5. The van der Waals surface area contributed by atoms with Crippen molar-refractivity contribution in [3.8, 4) is 16.3 Å². The molecular weight excluding hydrogens is 410 g/mol. The molecule has 0 N–H and O–H groups in total. The molecule has 0 atom stereocenters. The first-order chi connectivity index (χ1) is 14.9. The van der Waals surface area contributed by atoms with E-state index in [-0.39, 0.29) is 0 Å². The second-order valence-electron chi connectivity index (χ2n) is 6.74. The zero-order valence-electron chi connectivity index (χ0n) is 16.1. The summed E-state index contributed by atoms with van der Waals surface area (Å²) in [7, 11) is 0. The van der Waals surface area contributed by atoms with Gasteiger partial charge in [-0.25, -0.2) is 4.98 Å². The Labute approximate surface area is 183 Å². The maximum atomic E-state index is 4.92. The van der Waals surface area contributed by atoms with E-state index in [1.165, 1.54) is 10.4 Å². The summed E-state index contributed by atoms with van der Waals surface area (Å²) >= 11 is 3.38. The second kappa shape index (κ2) is 8.69. The van der Waals surface area contributed by atoms with Crippen LogP contribution in [-0.4, -0.2) is 24.3 Å². The molecule has 0 amide bonds. The topological polar surface area (TPSA) is 48.5 Å². The number of nitrogens with zero attached hydrogens (tertiary/aromatic N) is 5. The summed E-state index contributed by atoms with van der Waals surface area (Å²) in [5.41, 5.74) is 3.32. The third kappa shape index (κ3) is 4.08. The van der Waals surface area contributed by atoms with Crippen LogP contribution in [0.5, 0.6) is 0 Å². The molecule has 0 aliphatic heterocycles. The average Bonchev–Trinajstić information content (AvgIpc) is 3.54. The van der Waals surface area contributed by atoms with Gasteiger partial charge in [0.05, 0.1) is 22.9 Å². The maximum absolute atomic E-state index is 4.92. The Morgan fingerprint density at radius 2 is 1.70 bits per heavy atom. The van der Waals surface area contributed by atoms with Gasteiger partial charge in [-0.05, 0) is 29.1 Å². The van der Waals surface area contributed by atoms with Crippen LogP contribution in [0.3, 0.4) is 0 Å². The quantitative estimate of drug-likeness (QED) is 0.319. The minimum absolute atomic E-state index is 0.695. The molecule has 5 rings (SSSR count). The van der Waals surface area contributed by atoms with Crippen molar-refractivity contribution in [2.24, 2.45) is 0 Å². The molecule has 0 radical (unpaired) electrons. The lowest BCUT2D eigenvalue weighted by Crippen LogP contribution is -2.04. The van der Waals surface area contributed by atoms with Crippen LogP contribution in [0.1, 0.15) is 11.4 Å². The van der Waals surface area contributed by atoms with Gasteiger partial charge in [-0.15, -0.1) is 21.5 Å². The van der Waals surface area contributed by atoms with Gasteiger partial charge in [-0.3, -0.25) is 4.57 Å². The van der Waals surface area contributed by atoms with Crippen LogP contribution in [0.15, 0.2) is 95.9 Å². The minimum Gasteiger partial charge on any atom is -0.312 e. The Morgan fingerprint density at radius 1 is 0.900 bits per heavy atom. The Hall–Kier alpha value is -3.16. The van der Waals surface area contributed by atoms with Crippen LogP contribution in [0, 0.1) is 0 Å². The van der Waals surface area contributed by atoms with E-state index in [0.717, 1.165) is 28.9 Å². The lowest BCUT2D eigenvalue weighted by molar-refractivity contribution is 0.755. The molecular formula is C23H19N5S2. The lowest BCUT2D eigenvalue weighted by Gasteiger charge is -2.08. The van der Waals surface area contributed by atoms with Gasteiger partial charge in [-0.2, -0.15) is 0 Å². The van der Waals surface area contributed by atoms with Crippen molar-refractivity contribution in [3.63, 3.8) is 0 Å². The molecule has 5 aromatic rings. The Balaban J connectivity index is 1.41. The molecule has 0 aliphatic carbocycles. The van der Waals surface area contributed by atoms with Crippen LogP contribution < -0.4 is 0 Å². The standard InChI is InChI=1S/C23H19N5S2/c1-3-8-18(9-4-1)14-27-17-24-26-22(27)16-30-23-25-20(21-12-7-13-29-21)15-28(23)19-10-5-2-6-11-19/h1-13,15,17H,14,16H2. The van der Waals surface area contributed by atoms with E-state index in [1.54, 1.807) is 29.4 Å². The van der Waals surface area contributed by atoms with Crippen molar-refractivity contribution in [2.75, 3.05) is 0 Å². The summed E-state index contributed by atoms with van der Waals surface area (Å²) in [6.07, 6.45) is 3.90. The highest BCUT2D eigenvalue weighted by Crippen LogP contribution is 2.31. The Kier molecular flexibility index (Phi) is 5.46. The van der Waals surface area contributed by atoms with Gasteiger partial charge in [-0.1, -0.05) is 66.4 Å². The fourth-order valence-corrected chi connectivity index (χ4v) is 4.84. The number of benzene rings is 2. The van der Waals surface area contributed by atoms with E-state index < -0.39 is 0 Å². The predicted octanol–water partition coefficient (Wildman–Crippen LogP) is 5.53. The zero-order valence-corrected chi connectivity index (χ0v) is 17.8. The first-order valence-corrected chi connectivity index (χ1v) is 11.5. The van der Waals surface area contributed by atoms with E-state index in [1.807, 2.05) is 24.3 Å². The number of para-hydroxylation sites is 1. The summed E-state index contributed by atoms with van der Waals surface area (Å²) in [6, 6.07) is 24.8. The van der Waals surface area contributed by atoms with Crippen molar-refractivity contribution in [2.45, 2.75) is 17.5 Å². The van der Waals surface area contributed by atoms with Gasteiger partial charge in [0.25, 0.3) is 0 Å². The molecule has 0 unspecified atom stereocenters. The molecule has 148 valence electrons. The summed E-state index contributed by atoms with van der Waals surface area (Å²) in [5.74, 6) is 1.63. The first-order valence-electron chi connectivity index (χ1n) is 9.59. The normalized spacial score (nSPS) is 11.1. The average molecular weight is 430 g/mol. The Bertz CT molecular complexity index is 1210. The monoisotopic (exact) mass is 429 g/mol. The fourth-order valence-electron chi connectivity index (χ4n) is 3.21.